The van der Waals surface area contributed by atoms with Crippen molar-refractivity contribution in [2.45, 2.75) is 0 Å². The highest BCUT2D eigenvalue weighted by Crippen LogP contribution is 2.20. The molecule has 2 heterocycles. The van der Waals surface area contributed by atoms with Gasteiger partial charge in [0.1, 0.15) is 5.15 Å². The molecule has 0 aromatic carbocycles. The highest BCUT2D eigenvalue weighted by atomic mass is 35.5. The van der Waals surface area contributed by atoms with Crippen molar-refractivity contribution in [3.8, 4) is 0 Å². The number of hydrogen-bond acceptors (Lipinski definition) is 4. The highest BCUT2D eigenvalue weighted by Gasteiger charge is 2.14. The first kappa shape index (κ1) is 9.92. The van der Waals surface area contributed by atoms with Gasteiger partial charge in [-0.05, 0) is 6.07 Å². The zero-order valence-corrected chi connectivity index (χ0v) is 8.95. The maximum atomic E-state index is 11.3. The van der Waals surface area contributed by atoms with Gasteiger partial charge in [0, 0.05) is 12.4 Å². The molecule has 0 aliphatic heterocycles. The number of fused-ring (bicyclic) bond motifs is 1. The second kappa shape index (κ2) is 3.51. The number of rotatable bonds is 1. The quantitative estimate of drug-likeness (QED) is 0.544. The minimum atomic E-state index is -0.502. The van der Waals surface area contributed by atoms with E-state index in [9.17, 15) is 4.79 Å². The molecule has 0 spiro atoms. The fourth-order valence-electron chi connectivity index (χ4n) is 1.31. The SMILES string of the molecule is COC(=O)c1cc2cnn(C)c2nc1Cl. The molecule has 6 heteroatoms. The van der Waals surface area contributed by atoms with Crippen LogP contribution in [0.4, 0.5) is 0 Å². The molecular formula is C9H8ClN3O2. The Labute approximate surface area is 90.6 Å². The first-order valence-corrected chi connectivity index (χ1v) is 4.58. The number of halogens is 1. The predicted molar refractivity (Wildman–Crippen MR) is 54.9 cm³/mol. The van der Waals surface area contributed by atoms with Crippen LogP contribution in [0.25, 0.3) is 11.0 Å². The molecule has 0 fully saturated rings. The van der Waals surface area contributed by atoms with Crippen LogP contribution in [-0.2, 0) is 11.8 Å². The van der Waals surface area contributed by atoms with Crippen molar-refractivity contribution in [3.63, 3.8) is 0 Å². The summed E-state index contributed by atoms with van der Waals surface area (Å²) in [6, 6.07) is 1.61. The number of carbonyl (C=O) groups excluding carboxylic acids is 1. The number of pyridine rings is 1. The number of methoxy groups -OCH3 is 1. The van der Waals surface area contributed by atoms with E-state index >= 15 is 0 Å². The molecule has 78 valence electrons. The lowest BCUT2D eigenvalue weighted by Gasteiger charge is -2.01. The Hall–Kier alpha value is -1.62. The molecule has 0 saturated carbocycles. The minimum absolute atomic E-state index is 0.123. The van der Waals surface area contributed by atoms with Crippen molar-refractivity contribution >= 4 is 28.6 Å². The van der Waals surface area contributed by atoms with Crippen LogP contribution in [0.5, 0.6) is 0 Å². The second-order valence-corrected chi connectivity index (χ2v) is 3.36. The average Bonchev–Trinajstić information content (AvgIpc) is 2.58. The Kier molecular flexibility index (Phi) is 2.32. The lowest BCUT2D eigenvalue weighted by Crippen LogP contribution is -2.03. The number of hydrogen-bond donors (Lipinski definition) is 0. The summed E-state index contributed by atoms with van der Waals surface area (Å²) in [6.07, 6.45) is 1.62. The van der Waals surface area contributed by atoms with E-state index in [0.29, 0.717) is 5.65 Å². The third-order valence-corrected chi connectivity index (χ3v) is 2.35. The summed E-state index contributed by atoms with van der Waals surface area (Å²) in [7, 11) is 3.05. The smallest absolute Gasteiger partial charge is 0.341 e. The van der Waals surface area contributed by atoms with Crippen LogP contribution in [0.3, 0.4) is 0 Å². The molecule has 2 aromatic rings. The van der Waals surface area contributed by atoms with Gasteiger partial charge in [-0.3, -0.25) is 4.68 Å². The van der Waals surface area contributed by atoms with Crippen LogP contribution >= 0.6 is 11.6 Å². The molecule has 0 bridgehead atoms. The predicted octanol–water partition coefficient (Wildman–Crippen LogP) is 1.41. The molecular weight excluding hydrogens is 218 g/mol. The Bertz CT molecular complexity index is 535. The van der Waals surface area contributed by atoms with Gasteiger partial charge in [0.25, 0.3) is 0 Å². The molecule has 0 unspecified atom stereocenters. The topological polar surface area (TPSA) is 57.0 Å². The van der Waals surface area contributed by atoms with Gasteiger partial charge in [-0.25, -0.2) is 9.78 Å². The summed E-state index contributed by atoms with van der Waals surface area (Å²) in [4.78, 5) is 15.4. The molecule has 0 saturated heterocycles. The molecule has 0 aliphatic rings. The van der Waals surface area contributed by atoms with Gasteiger partial charge in [0.15, 0.2) is 5.65 Å². The zero-order valence-electron chi connectivity index (χ0n) is 8.19. The average molecular weight is 226 g/mol. The molecule has 2 aromatic heterocycles. The van der Waals surface area contributed by atoms with Gasteiger partial charge >= 0.3 is 5.97 Å². The maximum absolute atomic E-state index is 11.3. The first-order valence-electron chi connectivity index (χ1n) is 4.20. The van der Waals surface area contributed by atoms with Crippen molar-refractivity contribution in [2.24, 2.45) is 7.05 Å². The summed E-state index contributed by atoms with van der Waals surface area (Å²) in [5.74, 6) is -0.502. The van der Waals surface area contributed by atoms with Gasteiger partial charge in [0.2, 0.25) is 0 Å². The number of carbonyl (C=O) groups is 1. The van der Waals surface area contributed by atoms with E-state index in [1.165, 1.54) is 7.11 Å². The highest BCUT2D eigenvalue weighted by molar-refractivity contribution is 6.32. The number of ether oxygens (including phenoxy) is 1. The molecule has 0 N–H and O–H groups in total. The van der Waals surface area contributed by atoms with Gasteiger partial charge in [0.05, 0.1) is 18.9 Å². The van der Waals surface area contributed by atoms with Gasteiger partial charge in [-0.2, -0.15) is 5.10 Å². The number of nitrogens with zero attached hydrogens (tertiary/aromatic N) is 3. The number of aromatic nitrogens is 3. The summed E-state index contributed by atoms with van der Waals surface area (Å²) in [5, 5.41) is 4.88. The van der Waals surface area contributed by atoms with Crippen molar-refractivity contribution in [2.75, 3.05) is 7.11 Å². The van der Waals surface area contributed by atoms with E-state index in [0.717, 1.165) is 5.39 Å². The molecule has 0 atom stereocenters. The van der Waals surface area contributed by atoms with Crippen LogP contribution in [0.2, 0.25) is 5.15 Å². The van der Waals surface area contributed by atoms with Gasteiger partial charge in [-0.1, -0.05) is 11.6 Å². The number of aryl methyl sites for hydroxylation is 1. The Balaban J connectivity index is 2.68. The van der Waals surface area contributed by atoms with Crippen molar-refractivity contribution in [1.82, 2.24) is 14.8 Å². The van der Waals surface area contributed by atoms with Crippen LogP contribution in [0.15, 0.2) is 12.3 Å². The summed E-state index contributed by atoms with van der Waals surface area (Å²) in [5.41, 5.74) is 0.882. The minimum Gasteiger partial charge on any atom is -0.465 e. The van der Waals surface area contributed by atoms with Crippen molar-refractivity contribution < 1.29 is 9.53 Å². The fourth-order valence-corrected chi connectivity index (χ4v) is 1.52. The molecule has 5 nitrogen and oxygen atoms in total. The Morgan fingerprint density at radius 1 is 1.60 bits per heavy atom. The van der Waals surface area contributed by atoms with E-state index in [-0.39, 0.29) is 10.7 Å². The van der Waals surface area contributed by atoms with Crippen molar-refractivity contribution in [3.05, 3.63) is 23.0 Å². The Morgan fingerprint density at radius 2 is 2.33 bits per heavy atom. The fraction of sp³-hybridized carbons (Fsp3) is 0.222. The number of esters is 1. The van der Waals surface area contributed by atoms with Gasteiger partial charge < -0.3 is 4.74 Å². The molecule has 15 heavy (non-hydrogen) atoms. The Morgan fingerprint density at radius 3 is 3.00 bits per heavy atom. The van der Waals surface area contributed by atoms with Crippen molar-refractivity contribution in [1.29, 1.82) is 0 Å². The van der Waals surface area contributed by atoms with E-state index < -0.39 is 5.97 Å². The maximum Gasteiger partial charge on any atom is 0.341 e. The third-order valence-electron chi connectivity index (χ3n) is 2.07. The monoisotopic (exact) mass is 225 g/mol. The largest absolute Gasteiger partial charge is 0.465 e. The molecule has 0 aliphatic carbocycles. The normalized spacial score (nSPS) is 10.6. The first-order chi connectivity index (χ1) is 7.13. The zero-order chi connectivity index (χ0) is 11.0. The van der Waals surface area contributed by atoms with Crippen LogP contribution in [0, 0.1) is 0 Å². The second-order valence-electron chi connectivity index (χ2n) is 3.00. The van der Waals surface area contributed by atoms with Crippen LogP contribution in [-0.4, -0.2) is 27.8 Å². The summed E-state index contributed by atoms with van der Waals surface area (Å²) < 4.78 is 6.17. The lowest BCUT2D eigenvalue weighted by molar-refractivity contribution is 0.0600. The molecule has 0 radical (unpaired) electrons. The summed E-state index contributed by atoms with van der Waals surface area (Å²) in [6.45, 7) is 0. The van der Waals surface area contributed by atoms with Crippen LogP contribution < -0.4 is 0 Å². The molecule has 0 amide bonds. The summed E-state index contributed by atoms with van der Waals surface area (Å²) >= 11 is 5.85. The van der Waals surface area contributed by atoms with E-state index in [1.54, 1.807) is 24.0 Å². The third kappa shape index (κ3) is 1.55. The standard InChI is InChI=1S/C9H8ClN3O2/c1-13-8-5(4-11-13)3-6(7(10)12-8)9(14)15-2/h3-4H,1-2H3. The van der Waals surface area contributed by atoms with Gasteiger partial charge in [-0.15, -0.1) is 0 Å². The van der Waals surface area contributed by atoms with E-state index in [2.05, 4.69) is 14.8 Å². The van der Waals surface area contributed by atoms with E-state index in [1.807, 2.05) is 0 Å². The lowest BCUT2D eigenvalue weighted by atomic mass is 10.2. The molecule has 2 rings (SSSR count). The van der Waals surface area contributed by atoms with E-state index in [4.69, 9.17) is 11.6 Å². The van der Waals surface area contributed by atoms with Crippen LogP contribution in [0.1, 0.15) is 10.4 Å².